The largest absolute Gasteiger partial charge is 0.490 e. The molecule has 1 N–H and O–H groups in total. The molecule has 0 bridgehead atoms. The standard InChI is InChI=1S/C26H31N3O4/c1-2-32-23-16-18(10-13-22(23)33-17-24(30)28-14-6-3-7-15-28)25-27-21-9-5-4-8-20(21)26(31)29(25)19-11-12-19/h4-5,8-10,13,16,19,25,27H,2-3,6-7,11-12,14-15,17H2,1H3/t25-/m0/s1. The number of fused-ring (bicyclic) bond motifs is 1. The summed E-state index contributed by atoms with van der Waals surface area (Å²) >= 11 is 0. The van der Waals surface area contributed by atoms with Crippen LogP contribution >= 0.6 is 0 Å². The number of likely N-dealkylation sites (tertiary alicyclic amines) is 1. The van der Waals surface area contributed by atoms with Crippen LogP contribution in [0, 0.1) is 0 Å². The minimum absolute atomic E-state index is 0.00115. The summed E-state index contributed by atoms with van der Waals surface area (Å²) in [4.78, 5) is 29.6. The van der Waals surface area contributed by atoms with Gasteiger partial charge in [0.25, 0.3) is 11.8 Å². The maximum Gasteiger partial charge on any atom is 0.260 e. The molecular formula is C26H31N3O4. The van der Waals surface area contributed by atoms with Crippen LogP contribution in [0.1, 0.15) is 61.1 Å². The lowest BCUT2D eigenvalue weighted by Gasteiger charge is -2.38. The Bertz CT molecular complexity index is 1030. The molecule has 0 aromatic heterocycles. The van der Waals surface area contributed by atoms with Crippen molar-refractivity contribution >= 4 is 17.5 Å². The minimum Gasteiger partial charge on any atom is -0.490 e. The smallest absolute Gasteiger partial charge is 0.260 e. The van der Waals surface area contributed by atoms with E-state index in [9.17, 15) is 9.59 Å². The first-order valence-corrected chi connectivity index (χ1v) is 12.0. The molecule has 1 saturated heterocycles. The predicted molar refractivity (Wildman–Crippen MR) is 126 cm³/mol. The van der Waals surface area contributed by atoms with E-state index in [2.05, 4.69) is 5.32 Å². The monoisotopic (exact) mass is 449 g/mol. The highest BCUT2D eigenvalue weighted by Crippen LogP contribution is 2.42. The van der Waals surface area contributed by atoms with Crippen LogP contribution in [0.5, 0.6) is 11.5 Å². The number of nitrogens with zero attached hydrogens (tertiary/aromatic N) is 2. The Hall–Kier alpha value is -3.22. The molecule has 1 atom stereocenters. The third-order valence-electron chi connectivity index (χ3n) is 6.55. The summed E-state index contributed by atoms with van der Waals surface area (Å²) in [6.45, 7) is 4.01. The van der Waals surface area contributed by atoms with E-state index in [1.165, 1.54) is 6.42 Å². The lowest BCUT2D eigenvalue weighted by Crippen LogP contribution is -2.44. The Morgan fingerprint density at radius 1 is 1.03 bits per heavy atom. The van der Waals surface area contributed by atoms with Crippen molar-refractivity contribution in [3.63, 3.8) is 0 Å². The van der Waals surface area contributed by atoms with Gasteiger partial charge in [-0.25, -0.2) is 0 Å². The van der Waals surface area contributed by atoms with E-state index in [-0.39, 0.29) is 30.6 Å². The van der Waals surface area contributed by atoms with Crippen molar-refractivity contribution in [2.24, 2.45) is 0 Å². The third kappa shape index (κ3) is 4.49. The molecule has 7 heteroatoms. The number of carbonyl (C=O) groups is 2. The number of nitrogens with one attached hydrogen (secondary N) is 1. The van der Waals surface area contributed by atoms with Gasteiger partial charge in [0.2, 0.25) is 0 Å². The molecule has 33 heavy (non-hydrogen) atoms. The van der Waals surface area contributed by atoms with E-state index in [1.54, 1.807) is 0 Å². The molecule has 5 rings (SSSR count). The fourth-order valence-electron chi connectivity index (χ4n) is 4.70. The van der Waals surface area contributed by atoms with Gasteiger partial charge in [0.15, 0.2) is 18.1 Å². The molecule has 2 aromatic rings. The fraction of sp³-hybridized carbons (Fsp3) is 0.462. The quantitative estimate of drug-likeness (QED) is 0.686. The van der Waals surface area contributed by atoms with Crippen LogP contribution in [0.25, 0.3) is 0 Å². The number of anilines is 1. The van der Waals surface area contributed by atoms with E-state index >= 15 is 0 Å². The maximum atomic E-state index is 13.3. The zero-order chi connectivity index (χ0) is 22.8. The van der Waals surface area contributed by atoms with Crippen LogP contribution in [0.15, 0.2) is 42.5 Å². The number of benzene rings is 2. The van der Waals surface area contributed by atoms with E-state index in [4.69, 9.17) is 9.47 Å². The van der Waals surface area contributed by atoms with Gasteiger partial charge in [-0.05, 0) is 68.9 Å². The highest BCUT2D eigenvalue weighted by Gasteiger charge is 2.42. The van der Waals surface area contributed by atoms with Crippen LogP contribution in [0.4, 0.5) is 5.69 Å². The Morgan fingerprint density at radius 2 is 1.82 bits per heavy atom. The third-order valence-corrected chi connectivity index (χ3v) is 6.55. The number of rotatable bonds is 7. The van der Waals surface area contributed by atoms with E-state index in [0.29, 0.717) is 23.7 Å². The number of amides is 2. The molecule has 2 aliphatic heterocycles. The first kappa shape index (κ1) is 21.6. The Balaban J connectivity index is 1.37. The van der Waals surface area contributed by atoms with Crippen molar-refractivity contribution in [2.45, 2.75) is 51.2 Å². The van der Waals surface area contributed by atoms with Crippen molar-refractivity contribution < 1.29 is 19.1 Å². The summed E-state index contributed by atoms with van der Waals surface area (Å²) < 4.78 is 11.8. The molecular weight excluding hydrogens is 418 g/mol. The van der Waals surface area contributed by atoms with Crippen molar-refractivity contribution in [1.82, 2.24) is 9.80 Å². The molecule has 0 spiro atoms. The lowest BCUT2D eigenvalue weighted by atomic mass is 10.0. The van der Waals surface area contributed by atoms with Crippen LogP contribution in [-0.4, -0.2) is 54.0 Å². The molecule has 2 amide bonds. The van der Waals surface area contributed by atoms with Gasteiger partial charge in [-0.3, -0.25) is 9.59 Å². The van der Waals surface area contributed by atoms with Gasteiger partial charge < -0.3 is 24.6 Å². The topological polar surface area (TPSA) is 71.1 Å². The molecule has 1 aliphatic carbocycles. The average Bonchev–Trinajstić information content (AvgIpc) is 3.69. The molecule has 7 nitrogen and oxygen atoms in total. The van der Waals surface area contributed by atoms with Crippen molar-refractivity contribution in [1.29, 1.82) is 0 Å². The Morgan fingerprint density at radius 3 is 2.58 bits per heavy atom. The van der Waals surface area contributed by atoms with Gasteiger partial charge in [-0.2, -0.15) is 0 Å². The lowest BCUT2D eigenvalue weighted by molar-refractivity contribution is -0.134. The van der Waals surface area contributed by atoms with Gasteiger partial charge in [-0.15, -0.1) is 0 Å². The van der Waals surface area contributed by atoms with Gasteiger partial charge in [-0.1, -0.05) is 18.2 Å². The van der Waals surface area contributed by atoms with Crippen LogP contribution in [0.2, 0.25) is 0 Å². The molecule has 0 unspecified atom stereocenters. The normalized spacial score (nSPS) is 20.2. The number of para-hydroxylation sites is 1. The summed E-state index contributed by atoms with van der Waals surface area (Å²) in [5.41, 5.74) is 2.49. The molecule has 3 aliphatic rings. The highest BCUT2D eigenvalue weighted by molar-refractivity contribution is 6.02. The second kappa shape index (κ2) is 9.33. The van der Waals surface area contributed by atoms with Gasteiger partial charge in [0.05, 0.1) is 12.2 Å². The molecule has 174 valence electrons. The molecule has 1 saturated carbocycles. The van der Waals surface area contributed by atoms with Crippen LogP contribution in [0.3, 0.4) is 0 Å². The fourth-order valence-corrected chi connectivity index (χ4v) is 4.70. The molecule has 2 fully saturated rings. The van der Waals surface area contributed by atoms with Gasteiger partial charge >= 0.3 is 0 Å². The van der Waals surface area contributed by atoms with Crippen LogP contribution < -0.4 is 14.8 Å². The zero-order valence-corrected chi connectivity index (χ0v) is 19.1. The van der Waals surface area contributed by atoms with Crippen LogP contribution in [-0.2, 0) is 4.79 Å². The Kier molecular flexibility index (Phi) is 6.11. The van der Waals surface area contributed by atoms with E-state index < -0.39 is 0 Å². The maximum absolute atomic E-state index is 13.3. The highest BCUT2D eigenvalue weighted by atomic mass is 16.5. The van der Waals surface area contributed by atoms with Crippen molar-refractivity contribution in [2.75, 3.05) is 31.6 Å². The van der Waals surface area contributed by atoms with Crippen molar-refractivity contribution in [3.8, 4) is 11.5 Å². The SMILES string of the molecule is CCOc1cc([C@H]2Nc3ccccc3C(=O)N2C2CC2)ccc1OCC(=O)N1CCCCC1. The number of hydrogen-bond donors (Lipinski definition) is 1. The second-order valence-corrected chi connectivity index (χ2v) is 8.91. The number of hydrogen-bond acceptors (Lipinski definition) is 5. The molecule has 0 radical (unpaired) electrons. The summed E-state index contributed by atoms with van der Waals surface area (Å²) in [6.07, 6.45) is 5.05. The average molecular weight is 450 g/mol. The summed E-state index contributed by atoms with van der Waals surface area (Å²) in [7, 11) is 0. The number of carbonyl (C=O) groups excluding carboxylic acids is 2. The van der Waals surface area contributed by atoms with Gasteiger partial charge in [0.1, 0.15) is 6.17 Å². The summed E-state index contributed by atoms with van der Waals surface area (Å²) in [6, 6.07) is 13.6. The van der Waals surface area contributed by atoms with Crippen molar-refractivity contribution in [3.05, 3.63) is 53.6 Å². The second-order valence-electron chi connectivity index (χ2n) is 8.91. The van der Waals surface area contributed by atoms with E-state index in [1.807, 2.05) is 59.2 Å². The van der Waals surface area contributed by atoms with Gasteiger partial charge in [0, 0.05) is 24.8 Å². The number of piperidine rings is 1. The predicted octanol–water partition coefficient (Wildman–Crippen LogP) is 4.21. The first-order valence-electron chi connectivity index (χ1n) is 12.0. The molecule has 2 heterocycles. The summed E-state index contributed by atoms with van der Waals surface area (Å²) in [5.74, 6) is 1.20. The number of ether oxygens (including phenoxy) is 2. The van der Waals surface area contributed by atoms with E-state index in [0.717, 1.165) is 50.0 Å². The zero-order valence-electron chi connectivity index (χ0n) is 19.1. The summed E-state index contributed by atoms with van der Waals surface area (Å²) in [5, 5.41) is 3.55. The molecule has 2 aromatic carbocycles. The first-order chi connectivity index (χ1) is 16.2. The minimum atomic E-state index is -0.275. The Labute approximate surface area is 194 Å².